The van der Waals surface area contributed by atoms with Crippen LogP contribution in [0, 0.1) is 0 Å². The van der Waals surface area contributed by atoms with Crippen LogP contribution in [-0.4, -0.2) is 12.6 Å². The van der Waals surface area contributed by atoms with Gasteiger partial charge in [0, 0.05) is 12.1 Å². The Morgan fingerprint density at radius 1 is 1.39 bits per heavy atom. The largest absolute Gasteiger partial charge is 0.464 e. The van der Waals surface area contributed by atoms with Crippen molar-refractivity contribution in [1.82, 2.24) is 0 Å². The zero-order chi connectivity index (χ0) is 13.0. The summed E-state index contributed by atoms with van der Waals surface area (Å²) in [5.74, 6) is -0.405. The summed E-state index contributed by atoms with van der Waals surface area (Å²) in [5, 5.41) is 0.489. The molecule has 0 aliphatic rings. The molecule has 0 bridgehead atoms. The van der Waals surface area contributed by atoms with Gasteiger partial charge in [-0.05, 0) is 30.7 Å². The Labute approximate surface area is 103 Å². The van der Waals surface area contributed by atoms with E-state index in [4.69, 9.17) is 9.15 Å². The Balaban J connectivity index is 2.33. The Hall–Kier alpha value is -2.36. The highest BCUT2D eigenvalue weighted by atomic mass is 16.5. The highest BCUT2D eigenvalue weighted by molar-refractivity contribution is 5.88. The molecule has 0 atom stereocenters. The van der Waals surface area contributed by atoms with Crippen molar-refractivity contribution in [2.75, 3.05) is 6.61 Å². The summed E-state index contributed by atoms with van der Waals surface area (Å²) in [6.45, 7) is 2.08. The van der Waals surface area contributed by atoms with Gasteiger partial charge in [0.1, 0.15) is 5.58 Å². The van der Waals surface area contributed by atoms with E-state index in [9.17, 15) is 9.59 Å². The topological polar surface area (TPSA) is 56.5 Å². The minimum Gasteiger partial charge on any atom is -0.464 e. The highest BCUT2D eigenvalue weighted by Crippen LogP contribution is 2.13. The van der Waals surface area contributed by atoms with Gasteiger partial charge in [0.25, 0.3) is 0 Å². The molecule has 0 aliphatic heterocycles. The van der Waals surface area contributed by atoms with Crippen LogP contribution in [0.2, 0.25) is 0 Å². The molecular weight excluding hydrogens is 232 g/mol. The molecule has 1 aromatic carbocycles. The van der Waals surface area contributed by atoms with E-state index in [2.05, 4.69) is 0 Å². The molecule has 18 heavy (non-hydrogen) atoms. The van der Waals surface area contributed by atoms with E-state index in [0.29, 0.717) is 17.6 Å². The predicted octanol–water partition coefficient (Wildman–Crippen LogP) is 2.37. The maximum Gasteiger partial charge on any atom is 0.330 e. The maximum atomic E-state index is 11.6. The van der Waals surface area contributed by atoms with E-state index in [1.165, 1.54) is 18.4 Å². The molecule has 92 valence electrons. The zero-order valence-electron chi connectivity index (χ0n) is 9.88. The van der Waals surface area contributed by atoms with Crippen molar-refractivity contribution in [3.8, 4) is 0 Å². The second kappa shape index (κ2) is 5.31. The fraction of sp³-hybridized carbons (Fsp3) is 0.143. The minimum absolute atomic E-state index is 0.109. The number of rotatable bonds is 3. The van der Waals surface area contributed by atoms with E-state index in [1.807, 2.05) is 0 Å². The van der Waals surface area contributed by atoms with E-state index < -0.39 is 5.97 Å². The first-order chi connectivity index (χ1) is 8.70. The smallest absolute Gasteiger partial charge is 0.330 e. The Morgan fingerprint density at radius 3 is 3.00 bits per heavy atom. The number of carbonyl (C=O) groups excluding carboxylic acids is 1. The molecule has 0 fully saturated rings. The first kappa shape index (κ1) is 12.1. The van der Waals surface area contributed by atoms with Crippen molar-refractivity contribution < 1.29 is 13.9 Å². The van der Waals surface area contributed by atoms with Crippen LogP contribution in [0.3, 0.4) is 0 Å². The van der Waals surface area contributed by atoms with Crippen LogP contribution < -0.4 is 5.43 Å². The molecular formula is C14H12O4. The lowest BCUT2D eigenvalue weighted by molar-refractivity contribution is -0.137. The van der Waals surface area contributed by atoms with Gasteiger partial charge in [-0.25, -0.2) is 4.79 Å². The van der Waals surface area contributed by atoms with Gasteiger partial charge in [-0.15, -0.1) is 0 Å². The SMILES string of the molecule is CCOC(=O)/C=C/c1ccc2occc(=O)c2c1. The van der Waals surface area contributed by atoms with Crippen molar-refractivity contribution in [3.63, 3.8) is 0 Å². The average Bonchev–Trinajstić information content (AvgIpc) is 2.37. The molecule has 2 rings (SSSR count). The van der Waals surface area contributed by atoms with Crippen molar-refractivity contribution >= 4 is 23.0 Å². The molecule has 0 radical (unpaired) electrons. The minimum atomic E-state index is -0.405. The first-order valence-corrected chi connectivity index (χ1v) is 5.57. The second-order valence-electron chi connectivity index (χ2n) is 3.63. The standard InChI is InChI=1S/C14H12O4/c1-2-17-14(16)6-4-10-3-5-13-11(9-10)12(15)7-8-18-13/h3-9H,2H2,1H3/b6-4+. The fourth-order valence-electron chi connectivity index (χ4n) is 1.56. The Bertz CT molecular complexity index is 652. The Morgan fingerprint density at radius 2 is 2.22 bits per heavy atom. The number of fused-ring (bicyclic) bond motifs is 1. The van der Waals surface area contributed by atoms with Crippen molar-refractivity contribution in [2.24, 2.45) is 0 Å². The lowest BCUT2D eigenvalue weighted by atomic mass is 10.1. The lowest BCUT2D eigenvalue weighted by Crippen LogP contribution is -1.99. The molecule has 0 N–H and O–H groups in total. The van der Waals surface area contributed by atoms with Crippen LogP contribution >= 0.6 is 0 Å². The monoisotopic (exact) mass is 244 g/mol. The van der Waals surface area contributed by atoms with Gasteiger partial charge in [0.15, 0.2) is 5.43 Å². The molecule has 0 spiro atoms. The van der Waals surface area contributed by atoms with Crippen molar-refractivity contribution in [3.05, 3.63) is 52.4 Å². The van der Waals surface area contributed by atoms with Crippen LogP contribution in [0.25, 0.3) is 17.0 Å². The van der Waals surface area contributed by atoms with Gasteiger partial charge >= 0.3 is 5.97 Å². The number of hydrogen-bond acceptors (Lipinski definition) is 4. The highest BCUT2D eigenvalue weighted by Gasteiger charge is 2.00. The lowest BCUT2D eigenvalue weighted by Gasteiger charge is -1.98. The number of ether oxygens (including phenoxy) is 1. The molecule has 4 heteroatoms. The maximum absolute atomic E-state index is 11.6. The van der Waals surface area contributed by atoms with Crippen molar-refractivity contribution in [1.29, 1.82) is 0 Å². The molecule has 0 amide bonds. The molecule has 4 nitrogen and oxygen atoms in total. The molecule has 0 unspecified atom stereocenters. The van der Waals surface area contributed by atoms with Crippen LogP contribution in [0.15, 0.2) is 45.8 Å². The van der Waals surface area contributed by atoms with E-state index in [1.54, 1.807) is 31.2 Å². The second-order valence-corrected chi connectivity index (χ2v) is 3.63. The number of carbonyl (C=O) groups is 1. The average molecular weight is 244 g/mol. The summed E-state index contributed by atoms with van der Waals surface area (Å²) >= 11 is 0. The van der Waals surface area contributed by atoms with Crippen LogP contribution in [0.1, 0.15) is 12.5 Å². The fourth-order valence-corrected chi connectivity index (χ4v) is 1.56. The third kappa shape index (κ3) is 2.66. The molecule has 0 aliphatic carbocycles. The predicted molar refractivity (Wildman–Crippen MR) is 68.2 cm³/mol. The van der Waals surface area contributed by atoms with Gasteiger partial charge in [0.05, 0.1) is 18.3 Å². The summed E-state index contributed by atoms with van der Waals surface area (Å²) in [6, 6.07) is 6.50. The summed E-state index contributed by atoms with van der Waals surface area (Å²) < 4.78 is 9.96. The van der Waals surface area contributed by atoms with Crippen LogP contribution in [0.5, 0.6) is 0 Å². The number of benzene rings is 1. The summed E-state index contributed by atoms with van der Waals surface area (Å²) in [5.41, 5.74) is 1.16. The van der Waals surface area contributed by atoms with Crippen LogP contribution in [-0.2, 0) is 9.53 Å². The van der Waals surface area contributed by atoms with Crippen molar-refractivity contribution in [2.45, 2.75) is 6.92 Å². The Kier molecular flexibility index (Phi) is 3.57. The summed E-state index contributed by atoms with van der Waals surface area (Å²) in [7, 11) is 0. The van der Waals surface area contributed by atoms with E-state index in [-0.39, 0.29) is 5.43 Å². The van der Waals surface area contributed by atoms with E-state index >= 15 is 0 Å². The quantitative estimate of drug-likeness (QED) is 0.614. The molecule has 1 aromatic heterocycles. The number of esters is 1. The van der Waals surface area contributed by atoms with Gasteiger partial charge < -0.3 is 9.15 Å². The normalized spacial score (nSPS) is 10.9. The number of hydrogen-bond donors (Lipinski definition) is 0. The molecule has 1 heterocycles. The summed E-state index contributed by atoms with van der Waals surface area (Å²) in [4.78, 5) is 22.8. The third-order valence-corrected chi connectivity index (χ3v) is 2.38. The van der Waals surface area contributed by atoms with Gasteiger partial charge in [-0.3, -0.25) is 4.79 Å². The molecule has 0 saturated carbocycles. The molecule has 0 saturated heterocycles. The van der Waals surface area contributed by atoms with Gasteiger partial charge in [-0.2, -0.15) is 0 Å². The molecule has 2 aromatic rings. The summed E-state index contributed by atoms with van der Waals surface area (Å²) in [6.07, 6.45) is 4.29. The zero-order valence-corrected chi connectivity index (χ0v) is 9.88. The van der Waals surface area contributed by atoms with Crippen LogP contribution in [0.4, 0.5) is 0 Å². The first-order valence-electron chi connectivity index (χ1n) is 5.57. The van der Waals surface area contributed by atoms with E-state index in [0.717, 1.165) is 5.56 Å². The van der Waals surface area contributed by atoms with Gasteiger partial charge in [0.2, 0.25) is 0 Å². The van der Waals surface area contributed by atoms with Gasteiger partial charge in [-0.1, -0.05) is 6.07 Å². The third-order valence-electron chi connectivity index (χ3n) is 2.38.